The Balaban J connectivity index is 3.27. The molecule has 0 atom stereocenters. The van der Waals surface area contributed by atoms with E-state index in [4.69, 9.17) is 10.5 Å². The molecule has 2 N–H and O–H groups in total. The fraction of sp³-hybridized carbons (Fsp3) is 0.625. The highest BCUT2D eigenvalue weighted by Gasteiger charge is 2.23. The maximum atomic E-state index is 11.8. The van der Waals surface area contributed by atoms with Gasteiger partial charge in [-0.15, -0.1) is 0 Å². The minimum Gasteiger partial charge on any atom is -0.465 e. The van der Waals surface area contributed by atoms with E-state index in [0.29, 0.717) is 29.0 Å². The van der Waals surface area contributed by atoms with E-state index in [9.17, 15) is 4.79 Å². The summed E-state index contributed by atoms with van der Waals surface area (Å²) in [5.74, 6) is 0.735. The summed E-state index contributed by atoms with van der Waals surface area (Å²) >= 11 is 0. The summed E-state index contributed by atoms with van der Waals surface area (Å²) in [6.45, 7) is 9.49. The summed E-state index contributed by atoms with van der Waals surface area (Å²) in [5.41, 5.74) is 6.96. The molecule has 0 aliphatic heterocycles. The molecule has 0 saturated carbocycles. The molecule has 1 rings (SSSR count). The number of hydrogen-bond donors (Lipinski definition) is 1. The van der Waals surface area contributed by atoms with Crippen LogP contribution in [0, 0.1) is 5.92 Å². The lowest BCUT2D eigenvalue weighted by atomic mass is 10.1. The molecule has 0 radical (unpaired) electrons. The van der Waals surface area contributed by atoms with Gasteiger partial charge in [0.2, 0.25) is 0 Å². The maximum absolute atomic E-state index is 11.8. The van der Waals surface area contributed by atoms with E-state index >= 15 is 0 Å². The molecule has 0 aliphatic rings. The van der Waals surface area contributed by atoms with Crippen LogP contribution in [0.1, 0.15) is 50.9 Å². The van der Waals surface area contributed by atoms with E-state index in [-0.39, 0.29) is 0 Å². The van der Waals surface area contributed by atoms with Crippen LogP contribution in [0.15, 0.2) is 12.3 Å². The van der Waals surface area contributed by atoms with Gasteiger partial charge in [-0.05, 0) is 24.8 Å². The zero-order valence-corrected chi connectivity index (χ0v) is 13.7. The Bertz CT molecular complexity index is 471. The van der Waals surface area contributed by atoms with Crippen molar-refractivity contribution in [1.82, 2.24) is 4.98 Å². The van der Waals surface area contributed by atoms with Crippen molar-refractivity contribution >= 4 is 17.5 Å². The average molecular weight is 293 g/mol. The number of esters is 1. The van der Waals surface area contributed by atoms with Crippen molar-refractivity contribution in [2.24, 2.45) is 5.92 Å². The Morgan fingerprint density at radius 3 is 2.48 bits per heavy atom. The predicted octanol–water partition coefficient (Wildman–Crippen LogP) is 3.10. The molecular weight excluding hydrogens is 266 g/mol. The number of ether oxygens (including phenoxy) is 1. The lowest BCUT2D eigenvalue weighted by Crippen LogP contribution is -2.38. The first kappa shape index (κ1) is 17.3. The van der Waals surface area contributed by atoms with Crippen LogP contribution in [0.4, 0.5) is 11.5 Å². The number of aromatic nitrogens is 1. The molecule has 118 valence electrons. The van der Waals surface area contributed by atoms with E-state index in [2.05, 4.69) is 37.6 Å². The van der Waals surface area contributed by atoms with Crippen LogP contribution in [-0.2, 0) is 4.74 Å². The summed E-state index contributed by atoms with van der Waals surface area (Å²) in [6.07, 6.45) is 3.63. The standard InChI is InChI=1S/C16H27N3O2/c1-6-12(7-2)19(10-11(3)4)15-14(17)13(8-9-18-15)16(20)21-5/h8-9,11-12H,6-7,10,17H2,1-5H3. The Labute approximate surface area is 127 Å². The molecule has 1 aromatic rings. The molecular formula is C16H27N3O2. The Morgan fingerprint density at radius 1 is 1.38 bits per heavy atom. The van der Waals surface area contributed by atoms with Crippen molar-refractivity contribution in [2.45, 2.75) is 46.6 Å². The van der Waals surface area contributed by atoms with Crippen LogP contribution >= 0.6 is 0 Å². The molecule has 0 aliphatic carbocycles. The Kier molecular flexibility index (Phi) is 6.46. The van der Waals surface area contributed by atoms with Crippen LogP contribution in [-0.4, -0.2) is 30.6 Å². The molecule has 21 heavy (non-hydrogen) atoms. The quantitative estimate of drug-likeness (QED) is 0.782. The number of rotatable bonds is 7. The highest BCUT2D eigenvalue weighted by Crippen LogP contribution is 2.28. The van der Waals surface area contributed by atoms with Crippen LogP contribution in [0.3, 0.4) is 0 Å². The van der Waals surface area contributed by atoms with Gasteiger partial charge in [0.05, 0.1) is 18.4 Å². The van der Waals surface area contributed by atoms with Gasteiger partial charge in [0.25, 0.3) is 0 Å². The number of carbonyl (C=O) groups excluding carboxylic acids is 1. The minimum atomic E-state index is -0.426. The molecule has 0 unspecified atom stereocenters. The molecule has 5 nitrogen and oxygen atoms in total. The van der Waals surface area contributed by atoms with Gasteiger partial charge < -0.3 is 15.4 Å². The largest absolute Gasteiger partial charge is 0.465 e. The van der Waals surface area contributed by atoms with Gasteiger partial charge in [0.15, 0.2) is 5.82 Å². The zero-order valence-electron chi connectivity index (χ0n) is 13.7. The second-order valence-electron chi connectivity index (χ2n) is 5.60. The van der Waals surface area contributed by atoms with Gasteiger partial charge >= 0.3 is 5.97 Å². The fourth-order valence-corrected chi connectivity index (χ4v) is 2.51. The monoisotopic (exact) mass is 293 g/mol. The van der Waals surface area contributed by atoms with Crippen molar-refractivity contribution in [3.05, 3.63) is 17.8 Å². The Morgan fingerprint density at radius 2 is 2.00 bits per heavy atom. The zero-order chi connectivity index (χ0) is 16.0. The van der Waals surface area contributed by atoms with E-state index in [1.54, 1.807) is 12.3 Å². The van der Waals surface area contributed by atoms with Crippen LogP contribution in [0.5, 0.6) is 0 Å². The molecule has 0 bridgehead atoms. The fourth-order valence-electron chi connectivity index (χ4n) is 2.51. The van der Waals surface area contributed by atoms with Gasteiger partial charge in [0, 0.05) is 18.8 Å². The normalized spacial score (nSPS) is 11.0. The smallest absolute Gasteiger partial charge is 0.340 e. The number of carbonyl (C=O) groups is 1. The summed E-state index contributed by atoms with van der Waals surface area (Å²) in [4.78, 5) is 18.4. The summed E-state index contributed by atoms with van der Waals surface area (Å²) in [5, 5.41) is 0. The number of anilines is 2. The second-order valence-corrected chi connectivity index (χ2v) is 5.60. The number of methoxy groups -OCH3 is 1. The number of nitrogens with zero attached hydrogens (tertiary/aromatic N) is 2. The molecule has 0 fully saturated rings. The summed E-state index contributed by atoms with van der Waals surface area (Å²) in [7, 11) is 1.36. The van der Waals surface area contributed by atoms with Crippen LogP contribution in [0.2, 0.25) is 0 Å². The lowest BCUT2D eigenvalue weighted by molar-refractivity contribution is 0.0602. The third-order valence-corrected chi connectivity index (χ3v) is 3.59. The molecule has 1 heterocycles. The highest BCUT2D eigenvalue weighted by atomic mass is 16.5. The lowest BCUT2D eigenvalue weighted by Gasteiger charge is -2.34. The third-order valence-electron chi connectivity index (χ3n) is 3.59. The molecule has 0 amide bonds. The van der Waals surface area contributed by atoms with Gasteiger partial charge in [-0.2, -0.15) is 0 Å². The first-order chi connectivity index (χ1) is 9.96. The number of nitrogen functional groups attached to an aromatic ring is 1. The van der Waals surface area contributed by atoms with Crippen molar-refractivity contribution in [2.75, 3.05) is 24.3 Å². The Hall–Kier alpha value is -1.78. The predicted molar refractivity (Wildman–Crippen MR) is 86.5 cm³/mol. The highest BCUT2D eigenvalue weighted by molar-refractivity contribution is 5.97. The van der Waals surface area contributed by atoms with E-state index < -0.39 is 5.97 Å². The first-order valence-corrected chi connectivity index (χ1v) is 7.55. The first-order valence-electron chi connectivity index (χ1n) is 7.55. The van der Waals surface area contributed by atoms with Crippen LogP contribution in [0.25, 0.3) is 0 Å². The van der Waals surface area contributed by atoms with Gasteiger partial charge in [-0.25, -0.2) is 9.78 Å². The van der Waals surface area contributed by atoms with Gasteiger partial charge in [-0.3, -0.25) is 0 Å². The summed E-state index contributed by atoms with van der Waals surface area (Å²) in [6, 6.07) is 1.96. The van der Waals surface area contributed by atoms with Crippen molar-refractivity contribution < 1.29 is 9.53 Å². The molecule has 0 spiro atoms. The van der Waals surface area contributed by atoms with E-state index in [1.807, 2.05) is 0 Å². The minimum absolute atomic E-state index is 0.357. The van der Waals surface area contributed by atoms with E-state index in [1.165, 1.54) is 7.11 Å². The molecule has 0 aromatic carbocycles. The molecule has 0 saturated heterocycles. The van der Waals surface area contributed by atoms with Crippen LogP contribution < -0.4 is 10.6 Å². The third kappa shape index (κ3) is 4.09. The summed E-state index contributed by atoms with van der Waals surface area (Å²) < 4.78 is 4.78. The van der Waals surface area contributed by atoms with Crippen molar-refractivity contribution in [3.8, 4) is 0 Å². The molecule has 1 aromatic heterocycles. The second kappa shape index (κ2) is 7.86. The maximum Gasteiger partial charge on any atom is 0.340 e. The topological polar surface area (TPSA) is 68.5 Å². The SMILES string of the molecule is CCC(CC)N(CC(C)C)c1nccc(C(=O)OC)c1N. The van der Waals surface area contributed by atoms with Crippen molar-refractivity contribution in [3.63, 3.8) is 0 Å². The molecule has 5 heteroatoms. The number of pyridine rings is 1. The number of nitrogens with two attached hydrogens (primary N) is 1. The van der Waals surface area contributed by atoms with Crippen molar-refractivity contribution in [1.29, 1.82) is 0 Å². The number of hydrogen-bond acceptors (Lipinski definition) is 5. The van der Waals surface area contributed by atoms with Gasteiger partial charge in [-0.1, -0.05) is 27.7 Å². The van der Waals surface area contributed by atoms with E-state index in [0.717, 1.165) is 19.4 Å². The average Bonchev–Trinajstić information content (AvgIpc) is 2.46. The van der Waals surface area contributed by atoms with Gasteiger partial charge in [0.1, 0.15) is 0 Å².